The van der Waals surface area contributed by atoms with Crippen LogP contribution in [-0.2, 0) is 17.6 Å². The van der Waals surface area contributed by atoms with Crippen LogP contribution in [0.3, 0.4) is 0 Å². The topological polar surface area (TPSA) is 109 Å². The molecule has 3 rings (SSSR count). The zero-order valence-electron chi connectivity index (χ0n) is 17.9. The van der Waals surface area contributed by atoms with Gasteiger partial charge in [0, 0.05) is 6.42 Å². The van der Waals surface area contributed by atoms with E-state index in [1.807, 2.05) is 55.5 Å². The first kappa shape index (κ1) is 23.5. The van der Waals surface area contributed by atoms with Crippen molar-refractivity contribution in [3.63, 3.8) is 0 Å². The third-order valence-corrected chi connectivity index (χ3v) is 5.33. The lowest BCUT2D eigenvalue weighted by Gasteiger charge is -2.39. The maximum Gasteiger partial charge on any atom is 0.229 e. The SMILES string of the molecule is CCCc1ccc(OC(C)Cc2ccccc2)c(OC2OC(CO)C(O)C(O)C2O)c1. The molecule has 1 fully saturated rings. The standard InChI is InChI=1S/C24H32O7/c1-3-7-16-10-11-18(29-15(2)12-17-8-5-4-6-9-17)19(13-16)30-24-23(28)22(27)21(26)20(14-25)31-24/h4-6,8-11,13,15,20-28H,3,7,12,14H2,1-2H3. The molecule has 0 amide bonds. The van der Waals surface area contributed by atoms with Crippen LogP contribution in [0, 0.1) is 0 Å². The van der Waals surface area contributed by atoms with Gasteiger partial charge in [0.05, 0.1) is 6.61 Å². The molecule has 170 valence electrons. The van der Waals surface area contributed by atoms with E-state index in [1.54, 1.807) is 0 Å². The molecule has 0 aromatic heterocycles. The molecule has 1 heterocycles. The molecule has 4 N–H and O–H groups in total. The second-order valence-electron chi connectivity index (χ2n) is 7.96. The number of ether oxygens (including phenoxy) is 3. The first-order chi connectivity index (χ1) is 14.9. The number of aliphatic hydroxyl groups is 4. The highest BCUT2D eigenvalue weighted by molar-refractivity contribution is 5.43. The van der Waals surface area contributed by atoms with E-state index in [2.05, 4.69) is 6.92 Å². The molecule has 31 heavy (non-hydrogen) atoms. The van der Waals surface area contributed by atoms with E-state index in [0.717, 1.165) is 24.0 Å². The summed E-state index contributed by atoms with van der Waals surface area (Å²) in [5.74, 6) is 0.857. The Morgan fingerprint density at radius 1 is 0.935 bits per heavy atom. The van der Waals surface area contributed by atoms with Crippen molar-refractivity contribution in [2.75, 3.05) is 6.61 Å². The van der Waals surface area contributed by atoms with Gasteiger partial charge < -0.3 is 34.6 Å². The number of rotatable bonds is 9. The van der Waals surface area contributed by atoms with Gasteiger partial charge in [-0.2, -0.15) is 0 Å². The zero-order valence-corrected chi connectivity index (χ0v) is 17.9. The summed E-state index contributed by atoms with van der Waals surface area (Å²) in [5, 5.41) is 39.8. The fourth-order valence-corrected chi connectivity index (χ4v) is 3.68. The molecule has 1 aliphatic heterocycles. The van der Waals surface area contributed by atoms with E-state index in [1.165, 1.54) is 0 Å². The van der Waals surface area contributed by atoms with Crippen LogP contribution >= 0.6 is 0 Å². The van der Waals surface area contributed by atoms with E-state index in [0.29, 0.717) is 17.9 Å². The van der Waals surface area contributed by atoms with Crippen molar-refractivity contribution in [3.8, 4) is 11.5 Å². The van der Waals surface area contributed by atoms with Crippen LogP contribution in [0.4, 0.5) is 0 Å². The molecular formula is C24H32O7. The summed E-state index contributed by atoms with van der Waals surface area (Å²) in [6.07, 6.45) is -4.38. The smallest absolute Gasteiger partial charge is 0.229 e. The first-order valence-corrected chi connectivity index (χ1v) is 10.7. The van der Waals surface area contributed by atoms with E-state index in [9.17, 15) is 20.4 Å². The van der Waals surface area contributed by atoms with Crippen LogP contribution in [-0.4, -0.2) is 63.8 Å². The molecule has 0 radical (unpaired) electrons. The largest absolute Gasteiger partial charge is 0.486 e. The molecule has 0 saturated carbocycles. The minimum absolute atomic E-state index is 0.142. The molecule has 1 aliphatic rings. The lowest BCUT2D eigenvalue weighted by molar-refractivity contribution is -0.277. The van der Waals surface area contributed by atoms with E-state index >= 15 is 0 Å². The van der Waals surface area contributed by atoms with Crippen molar-refractivity contribution in [2.24, 2.45) is 0 Å². The molecule has 7 nitrogen and oxygen atoms in total. The molecule has 6 unspecified atom stereocenters. The van der Waals surface area contributed by atoms with Gasteiger partial charge in [-0.15, -0.1) is 0 Å². The monoisotopic (exact) mass is 432 g/mol. The Balaban J connectivity index is 1.79. The van der Waals surface area contributed by atoms with Gasteiger partial charge in [0.15, 0.2) is 11.5 Å². The fraction of sp³-hybridized carbons (Fsp3) is 0.500. The maximum absolute atomic E-state index is 10.3. The van der Waals surface area contributed by atoms with Gasteiger partial charge in [-0.3, -0.25) is 0 Å². The van der Waals surface area contributed by atoms with Crippen LogP contribution in [0.1, 0.15) is 31.4 Å². The highest BCUT2D eigenvalue weighted by Gasteiger charge is 2.45. The van der Waals surface area contributed by atoms with Crippen molar-refractivity contribution in [1.82, 2.24) is 0 Å². The predicted molar refractivity (Wildman–Crippen MR) is 115 cm³/mol. The van der Waals surface area contributed by atoms with Gasteiger partial charge in [-0.1, -0.05) is 49.7 Å². The van der Waals surface area contributed by atoms with Crippen LogP contribution < -0.4 is 9.47 Å². The number of aliphatic hydroxyl groups excluding tert-OH is 4. The Morgan fingerprint density at radius 2 is 1.68 bits per heavy atom. The van der Waals surface area contributed by atoms with Crippen molar-refractivity contribution >= 4 is 0 Å². The highest BCUT2D eigenvalue weighted by atomic mass is 16.7. The zero-order chi connectivity index (χ0) is 22.4. The minimum atomic E-state index is -1.50. The van der Waals surface area contributed by atoms with E-state index < -0.39 is 37.3 Å². The quantitative estimate of drug-likeness (QED) is 0.479. The summed E-state index contributed by atoms with van der Waals surface area (Å²) < 4.78 is 17.5. The average molecular weight is 433 g/mol. The molecule has 0 bridgehead atoms. The summed E-state index contributed by atoms with van der Waals surface area (Å²) in [5.41, 5.74) is 2.18. The molecule has 6 atom stereocenters. The number of aryl methyl sites for hydroxylation is 1. The van der Waals surface area contributed by atoms with Gasteiger partial charge in [0.25, 0.3) is 0 Å². The molecule has 2 aromatic carbocycles. The molecule has 7 heteroatoms. The summed E-state index contributed by atoms with van der Waals surface area (Å²) in [4.78, 5) is 0. The van der Waals surface area contributed by atoms with Gasteiger partial charge in [0.2, 0.25) is 6.29 Å². The normalized spacial score (nSPS) is 27.0. The maximum atomic E-state index is 10.3. The third-order valence-electron chi connectivity index (χ3n) is 5.33. The third kappa shape index (κ3) is 5.96. The fourth-order valence-electron chi connectivity index (χ4n) is 3.68. The van der Waals surface area contributed by atoms with Crippen LogP contribution in [0.15, 0.2) is 48.5 Å². The Hall–Kier alpha value is -2.16. The Labute approximate surface area is 182 Å². The Morgan fingerprint density at radius 3 is 2.35 bits per heavy atom. The molecule has 1 saturated heterocycles. The van der Waals surface area contributed by atoms with Gasteiger partial charge in [0.1, 0.15) is 30.5 Å². The highest BCUT2D eigenvalue weighted by Crippen LogP contribution is 2.33. The van der Waals surface area contributed by atoms with Crippen LogP contribution in [0.2, 0.25) is 0 Å². The Bertz CT molecular complexity index is 811. The second-order valence-corrected chi connectivity index (χ2v) is 7.96. The summed E-state index contributed by atoms with van der Waals surface area (Å²) in [6, 6.07) is 15.6. The molecule has 0 spiro atoms. The second kappa shape index (κ2) is 10.9. The molecule has 2 aromatic rings. The van der Waals surface area contributed by atoms with Gasteiger partial charge in [-0.05, 0) is 36.6 Å². The van der Waals surface area contributed by atoms with Crippen molar-refractivity contribution < 1.29 is 34.6 Å². The van der Waals surface area contributed by atoms with Crippen LogP contribution in [0.25, 0.3) is 0 Å². The number of benzene rings is 2. The van der Waals surface area contributed by atoms with E-state index in [4.69, 9.17) is 14.2 Å². The molecule has 0 aliphatic carbocycles. The predicted octanol–water partition coefficient (Wildman–Crippen LogP) is 1.83. The van der Waals surface area contributed by atoms with Gasteiger partial charge >= 0.3 is 0 Å². The number of hydrogen-bond donors (Lipinski definition) is 4. The summed E-state index contributed by atoms with van der Waals surface area (Å²) in [6.45, 7) is 3.52. The lowest BCUT2D eigenvalue weighted by Crippen LogP contribution is -2.60. The Kier molecular flexibility index (Phi) is 8.28. The van der Waals surface area contributed by atoms with Crippen LogP contribution in [0.5, 0.6) is 11.5 Å². The van der Waals surface area contributed by atoms with Crippen molar-refractivity contribution in [1.29, 1.82) is 0 Å². The van der Waals surface area contributed by atoms with Gasteiger partial charge in [-0.25, -0.2) is 0 Å². The summed E-state index contributed by atoms with van der Waals surface area (Å²) >= 11 is 0. The first-order valence-electron chi connectivity index (χ1n) is 10.7. The van der Waals surface area contributed by atoms with Crippen molar-refractivity contribution in [2.45, 2.75) is 69.9 Å². The minimum Gasteiger partial charge on any atom is -0.486 e. The average Bonchev–Trinajstić information content (AvgIpc) is 2.76. The van der Waals surface area contributed by atoms with E-state index in [-0.39, 0.29) is 6.10 Å². The van der Waals surface area contributed by atoms with Crippen molar-refractivity contribution in [3.05, 3.63) is 59.7 Å². The lowest BCUT2D eigenvalue weighted by atomic mass is 9.99. The number of hydrogen-bond acceptors (Lipinski definition) is 7. The summed E-state index contributed by atoms with van der Waals surface area (Å²) in [7, 11) is 0. The molecular weight excluding hydrogens is 400 g/mol.